The third kappa shape index (κ3) is 5.36. The molecule has 2 rings (SSSR count). The van der Waals surface area contributed by atoms with Crippen LogP contribution in [-0.4, -0.2) is 64.2 Å². The molecule has 7 heteroatoms. The zero-order valence-corrected chi connectivity index (χ0v) is 15.8. The van der Waals surface area contributed by atoms with E-state index in [4.69, 9.17) is 9.47 Å². The molecule has 0 aliphatic carbocycles. The quantitative estimate of drug-likeness (QED) is 0.680. The lowest BCUT2D eigenvalue weighted by Gasteiger charge is -2.31. The van der Waals surface area contributed by atoms with Gasteiger partial charge in [0.1, 0.15) is 11.5 Å². The molecule has 26 heavy (non-hydrogen) atoms. The van der Waals surface area contributed by atoms with Crippen molar-refractivity contribution in [2.75, 3.05) is 47.4 Å². The molecule has 1 fully saturated rings. The molecule has 2 N–H and O–H groups in total. The number of hydrogen-bond acceptors (Lipinski definition) is 5. The van der Waals surface area contributed by atoms with Gasteiger partial charge < -0.3 is 25.0 Å². The number of nitrogens with zero attached hydrogens (tertiary/aromatic N) is 1. The maximum absolute atomic E-state index is 12.8. The van der Waals surface area contributed by atoms with Crippen LogP contribution in [0.25, 0.3) is 0 Å². The third-order valence-corrected chi connectivity index (χ3v) is 4.65. The smallest absolute Gasteiger partial charge is 0.254 e. The van der Waals surface area contributed by atoms with Crippen LogP contribution >= 0.6 is 0 Å². The highest BCUT2D eigenvalue weighted by Gasteiger charge is 2.28. The molecule has 0 atom stereocenters. The molecule has 2 amide bonds. The first-order chi connectivity index (χ1) is 12.6. The summed E-state index contributed by atoms with van der Waals surface area (Å²) in [6.07, 6.45) is 2.28. The highest BCUT2D eigenvalue weighted by atomic mass is 16.5. The summed E-state index contributed by atoms with van der Waals surface area (Å²) in [6.45, 7) is 2.72. The molecule has 0 unspecified atom stereocenters. The van der Waals surface area contributed by atoms with E-state index in [-0.39, 0.29) is 17.7 Å². The van der Waals surface area contributed by atoms with Gasteiger partial charge in [0.05, 0.1) is 14.2 Å². The second-order valence-corrected chi connectivity index (χ2v) is 6.42. The minimum atomic E-state index is -0.0601. The lowest BCUT2D eigenvalue weighted by atomic mass is 9.95. The first-order valence-electron chi connectivity index (χ1n) is 9.03. The van der Waals surface area contributed by atoms with Crippen LogP contribution in [-0.2, 0) is 4.79 Å². The number of ether oxygens (including phenoxy) is 2. The van der Waals surface area contributed by atoms with Gasteiger partial charge in [0.2, 0.25) is 5.91 Å². The van der Waals surface area contributed by atoms with E-state index in [9.17, 15) is 9.59 Å². The van der Waals surface area contributed by atoms with Crippen molar-refractivity contribution in [1.82, 2.24) is 15.5 Å². The van der Waals surface area contributed by atoms with Crippen molar-refractivity contribution in [2.24, 2.45) is 5.92 Å². The number of methoxy groups -OCH3 is 2. The standard InChI is InChI=1S/C19H29N3O4/c1-20-7-4-8-21-18(23)14-5-9-22(10-6-14)19(24)15-11-16(25-2)13-17(12-15)26-3/h11-14,20H,4-10H2,1-3H3,(H,21,23). The molecule has 1 aromatic carbocycles. The highest BCUT2D eigenvalue weighted by Crippen LogP contribution is 2.25. The van der Waals surface area contributed by atoms with Gasteiger partial charge in [0.15, 0.2) is 0 Å². The summed E-state index contributed by atoms with van der Waals surface area (Å²) >= 11 is 0. The van der Waals surface area contributed by atoms with Crippen molar-refractivity contribution in [3.8, 4) is 11.5 Å². The van der Waals surface area contributed by atoms with E-state index in [0.717, 1.165) is 13.0 Å². The molecule has 1 saturated heterocycles. The lowest BCUT2D eigenvalue weighted by molar-refractivity contribution is -0.126. The van der Waals surface area contributed by atoms with Gasteiger partial charge in [-0.15, -0.1) is 0 Å². The van der Waals surface area contributed by atoms with E-state index in [1.165, 1.54) is 0 Å². The van der Waals surface area contributed by atoms with Gasteiger partial charge in [-0.1, -0.05) is 0 Å². The summed E-state index contributed by atoms with van der Waals surface area (Å²) in [4.78, 5) is 26.8. The molecule has 1 heterocycles. The molecule has 0 aromatic heterocycles. The molecule has 1 aliphatic heterocycles. The predicted octanol–water partition coefficient (Wildman–Crippen LogP) is 1.28. The Morgan fingerprint density at radius 3 is 2.23 bits per heavy atom. The van der Waals surface area contributed by atoms with Crippen molar-refractivity contribution >= 4 is 11.8 Å². The molecule has 7 nitrogen and oxygen atoms in total. The summed E-state index contributed by atoms with van der Waals surface area (Å²) < 4.78 is 10.5. The maximum Gasteiger partial charge on any atom is 0.254 e. The largest absolute Gasteiger partial charge is 0.497 e. The third-order valence-electron chi connectivity index (χ3n) is 4.65. The van der Waals surface area contributed by atoms with Crippen LogP contribution in [0.3, 0.4) is 0 Å². The topological polar surface area (TPSA) is 79.9 Å². The van der Waals surface area contributed by atoms with Crippen LogP contribution in [0.2, 0.25) is 0 Å². The van der Waals surface area contributed by atoms with E-state index in [1.807, 2.05) is 7.05 Å². The average molecular weight is 363 g/mol. The van der Waals surface area contributed by atoms with Crippen LogP contribution in [0, 0.1) is 5.92 Å². The Balaban J connectivity index is 1.89. The number of likely N-dealkylation sites (tertiary alicyclic amines) is 1. The summed E-state index contributed by atoms with van der Waals surface area (Å²) in [6, 6.07) is 5.16. The number of hydrogen-bond donors (Lipinski definition) is 2. The normalized spacial score (nSPS) is 14.8. The number of nitrogens with one attached hydrogen (secondary N) is 2. The maximum atomic E-state index is 12.8. The van der Waals surface area contributed by atoms with Crippen molar-refractivity contribution in [2.45, 2.75) is 19.3 Å². The zero-order chi connectivity index (χ0) is 18.9. The van der Waals surface area contributed by atoms with Crippen LogP contribution in [0.5, 0.6) is 11.5 Å². The van der Waals surface area contributed by atoms with Crippen molar-refractivity contribution in [1.29, 1.82) is 0 Å². The molecule has 0 saturated carbocycles. The average Bonchev–Trinajstić information content (AvgIpc) is 2.70. The number of carbonyl (C=O) groups excluding carboxylic acids is 2. The van der Waals surface area contributed by atoms with Gasteiger partial charge in [0.25, 0.3) is 5.91 Å². The van der Waals surface area contributed by atoms with Gasteiger partial charge in [0, 0.05) is 37.2 Å². The Morgan fingerprint density at radius 1 is 1.08 bits per heavy atom. The van der Waals surface area contributed by atoms with Gasteiger partial charge in [-0.05, 0) is 45.0 Å². The Kier molecular flexibility index (Phi) is 7.72. The van der Waals surface area contributed by atoms with E-state index >= 15 is 0 Å². The molecule has 144 valence electrons. The monoisotopic (exact) mass is 363 g/mol. The minimum absolute atomic E-state index is 0.0199. The van der Waals surface area contributed by atoms with Gasteiger partial charge in [-0.2, -0.15) is 0 Å². The van der Waals surface area contributed by atoms with E-state index < -0.39 is 0 Å². The number of carbonyl (C=O) groups is 2. The number of amides is 2. The molecule has 0 spiro atoms. The number of piperidine rings is 1. The lowest BCUT2D eigenvalue weighted by Crippen LogP contribution is -2.43. The summed E-state index contributed by atoms with van der Waals surface area (Å²) in [5.41, 5.74) is 0.538. The predicted molar refractivity (Wildman–Crippen MR) is 99.7 cm³/mol. The Hall–Kier alpha value is -2.28. The van der Waals surface area contributed by atoms with Gasteiger partial charge in [-0.3, -0.25) is 9.59 Å². The summed E-state index contributed by atoms with van der Waals surface area (Å²) in [5, 5.41) is 6.04. The van der Waals surface area contributed by atoms with Gasteiger partial charge >= 0.3 is 0 Å². The Labute approximate surface area is 155 Å². The fraction of sp³-hybridized carbons (Fsp3) is 0.579. The van der Waals surface area contributed by atoms with E-state index in [2.05, 4.69) is 10.6 Å². The number of benzene rings is 1. The van der Waals surface area contributed by atoms with Crippen LogP contribution in [0.15, 0.2) is 18.2 Å². The SMILES string of the molecule is CNCCCNC(=O)C1CCN(C(=O)c2cc(OC)cc(OC)c2)CC1. The van der Waals surface area contributed by atoms with Crippen LogP contribution in [0.4, 0.5) is 0 Å². The molecular weight excluding hydrogens is 334 g/mol. The first kappa shape index (κ1) is 20.0. The molecule has 0 radical (unpaired) electrons. The second-order valence-electron chi connectivity index (χ2n) is 6.42. The molecular formula is C19H29N3O4. The van der Waals surface area contributed by atoms with E-state index in [0.29, 0.717) is 49.5 Å². The number of rotatable bonds is 8. The van der Waals surface area contributed by atoms with Gasteiger partial charge in [-0.25, -0.2) is 0 Å². The minimum Gasteiger partial charge on any atom is -0.497 e. The van der Waals surface area contributed by atoms with Crippen molar-refractivity contribution in [3.63, 3.8) is 0 Å². The fourth-order valence-electron chi connectivity index (χ4n) is 3.08. The molecule has 0 bridgehead atoms. The van der Waals surface area contributed by atoms with Crippen molar-refractivity contribution < 1.29 is 19.1 Å². The summed E-state index contributed by atoms with van der Waals surface area (Å²) in [7, 11) is 5.01. The van der Waals surface area contributed by atoms with Crippen LogP contribution < -0.4 is 20.1 Å². The fourth-order valence-corrected chi connectivity index (χ4v) is 3.08. The molecule has 1 aliphatic rings. The Morgan fingerprint density at radius 2 is 1.69 bits per heavy atom. The highest BCUT2D eigenvalue weighted by molar-refractivity contribution is 5.95. The Bertz CT molecular complexity index is 591. The summed E-state index contributed by atoms with van der Waals surface area (Å²) in [5.74, 6) is 1.19. The first-order valence-corrected chi connectivity index (χ1v) is 9.03. The van der Waals surface area contributed by atoms with Crippen molar-refractivity contribution in [3.05, 3.63) is 23.8 Å². The second kappa shape index (κ2) is 10.0. The molecule has 1 aromatic rings. The van der Waals surface area contributed by atoms with E-state index in [1.54, 1.807) is 37.3 Å². The van der Waals surface area contributed by atoms with Crippen LogP contribution in [0.1, 0.15) is 29.6 Å². The zero-order valence-electron chi connectivity index (χ0n) is 15.8.